The minimum Gasteiger partial charge on any atom is -0.508 e. The van der Waals surface area contributed by atoms with Crippen molar-refractivity contribution < 1.29 is 10.2 Å². The fourth-order valence-electron chi connectivity index (χ4n) is 2.97. The number of rotatable bonds is 6. The van der Waals surface area contributed by atoms with Crippen molar-refractivity contribution in [2.24, 2.45) is 5.92 Å². The molecule has 3 atom stereocenters. The van der Waals surface area contributed by atoms with Gasteiger partial charge in [-0.2, -0.15) is 0 Å². The number of hydrogen-bond donors (Lipinski definition) is 3. The first-order valence-electron chi connectivity index (χ1n) is 7.34. The van der Waals surface area contributed by atoms with Gasteiger partial charge in [0.15, 0.2) is 0 Å². The summed E-state index contributed by atoms with van der Waals surface area (Å²) in [7, 11) is 0. The molecular weight excluding hydrogens is 238 g/mol. The van der Waals surface area contributed by atoms with Crippen molar-refractivity contribution in [2.45, 2.75) is 51.1 Å². The van der Waals surface area contributed by atoms with Crippen LogP contribution in [0.4, 0.5) is 0 Å². The third-order valence-electron chi connectivity index (χ3n) is 4.19. The number of phenols is 1. The Labute approximate surface area is 115 Å². The molecule has 0 aromatic heterocycles. The zero-order valence-corrected chi connectivity index (χ0v) is 11.7. The van der Waals surface area contributed by atoms with Crippen LogP contribution in [0.2, 0.25) is 0 Å². The van der Waals surface area contributed by atoms with E-state index in [0.29, 0.717) is 30.4 Å². The normalized spacial score (nSPS) is 24.5. The van der Waals surface area contributed by atoms with E-state index in [2.05, 4.69) is 12.2 Å². The van der Waals surface area contributed by atoms with Gasteiger partial charge in [0.1, 0.15) is 5.75 Å². The molecule has 1 aromatic rings. The fourth-order valence-corrected chi connectivity index (χ4v) is 2.97. The van der Waals surface area contributed by atoms with Crippen molar-refractivity contribution in [2.75, 3.05) is 6.61 Å². The largest absolute Gasteiger partial charge is 0.508 e. The molecule has 1 aromatic carbocycles. The molecule has 1 aliphatic rings. The van der Waals surface area contributed by atoms with Crippen molar-refractivity contribution in [1.29, 1.82) is 0 Å². The number of hydrogen-bond acceptors (Lipinski definition) is 3. The molecule has 0 spiro atoms. The topological polar surface area (TPSA) is 52.5 Å². The van der Waals surface area contributed by atoms with Gasteiger partial charge in [0.2, 0.25) is 0 Å². The van der Waals surface area contributed by atoms with Gasteiger partial charge in [-0.25, -0.2) is 0 Å². The Balaban J connectivity index is 1.75. The van der Waals surface area contributed by atoms with Gasteiger partial charge in [-0.15, -0.1) is 0 Å². The second-order valence-corrected chi connectivity index (χ2v) is 5.75. The standard InChI is InChI=1S/C16H25NO2/c1-12(17-16-4-2-3-14(16)11-18)5-6-13-7-9-15(19)10-8-13/h7-10,12,14,16-19H,2-6,11H2,1H3. The van der Waals surface area contributed by atoms with Crippen molar-refractivity contribution in [3.63, 3.8) is 0 Å². The molecule has 0 saturated heterocycles. The van der Waals surface area contributed by atoms with Crippen LogP contribution in [0.3, 0.4) is 0 Å². The zero-order valence-electron chi connectivity index (χ0n) is 11.7. The van der Waals surface area contributed by atoms with Gasteiger partial charge in [0.25, 0.3) is 0 Å². The molecule has 0 radical (unpaired) electrons. The Kier molecular flexibility index (Phi) is 5.23. The molecule has 3 N–H and O–H groups in total. The Bertz CT molecular complexity index is 377. The molecule has 2 rings (SSSR count). The lowest BCUT2D eigenvalue weighted by molar-refractivity contribution is 0.199. The summed E-state index contributed by atoms with van der Waals surface area (Å²) in [5.74, 6) is 0.766. The summed E-state index contributed by atoms with van der Waals surface area (Å²) in [5.41, 5.74) is 1.26. The number of benzene rings is 1. The summed E-state index contributed by atoms with van der Waals surface area (Å²) in [5, 5.41) is 22.2. The molecule has 3 unspecified atom stereocenters. The van der Waals surface area contributed by atoms with Gasteiger partial charge in [0.05, 0.1) is 0 Å². The smallest absolute Gasteiger partial charge is 0.115 e. The number of aromatic hydroxyl groups is 1. The molecule has 3 nitrogen and oxygen atoms in total. The Morgan fingerprint density at radius 3 is 2.68 bits per heavy atom. The molecule has 1 fully saturated rings. The molecule has 1 aliphatic carbocycles. The van der Waals surface area contributed by atoms with Crippen molar-refractivity contribution in [1.82, 2.24) is 5.32 Å². The van der Waals surface area contributed by atoms with Crippen LogP contribution in [0.15, 0.2) is 24.3 Å². The van der Waals surface area contributed by atoms with Crippen LogP contribution in [0.1, 0.15) is 38.2 Å². The molecule has 0 aliphatic heterocycles. The highest BCUT2D eigenvalue weighted by Gasteiger charge is 2.27. The minimum absolute atomic E-state index is 0.308. The van der Waals surface area contributed by atoms with Crippen molar-refractivity contribution in [3.05, 3.63) is 29.8 Å². The maximum absolute atomic E-state index is 9.32. The van der Waals surface area contributed by atoms with E-state index in [1.165, 1.54) is 18.4 Å². The lowest BCUT2D eigenvalue weighted by Gasteiger charge is -2.24. The first-order valence-corrected chi connectivity index (χ1v) is 7.34. The summed E-state index contributed by atoms with van der Waals surface area (Å²) in [6.07, 6.45) is 5.67. The lowest BCUT2D eigenvalue weighted by atomic mass is 10.0. The monoisotopic (exact) mass is 263 g/mol. The summed E-state index contributed by atoms with van der Waals surface area (Å²) in [4.78, 5) is 0. The van der Waals surface area contributed by atoms with E-state index in [4.69, 9.17) is 0 Å². The van der Waals surface area contributed by atoms with Gasteiger partial charge >= 0.3 is 0 Å². The fraction of sp³-hybridized carbons (Fsp3) is 0.625. The highest BCUT2D eigenvalue weighted by Crippen LogP contribution is 2.25. The second kappa shape index (κ2) is 6.92. The minimum atomic E-state index is 0.308. The van der Waals surface area contributed by atoms with E-state index in [1.807, 2.05) is 12.1 Å². The maximum Gasteiger partial charge on any atom is 0.115 e. The Morgan fingerprint density at radius 2 is 2.00 bits per heavy atom. The summed E-state index contributed by atoms with van der Waals surface area (Å²) >= 11 is 0. The van der Waals surface area contributed by atoms with Gasteiger partial charge < -0.3 is 15.5 Å². The van der Waals surface area contributed by atoms with Gasteiger partial charge in [-0.1, -0.05) is 18.6 Å². The number of aliphatic hydroxyl groups excluding tert-OH is 1. The molecule has 0 heterocycles. The quantitative estimate of drug-likeness (QED) is 0.739. The van der Waals surface area contributed by atoms with Crippen LogP contribution in [0.5, 0.6) is 5.75 Å². The molecule has 19 heavy (non-hydrogen) atoms. The molecule has 0 amide bonds. The van der Waals surface area contributed by atoms with Crippen molar-refractivity contribution in [3.8, 4) is 5.75 Å². The average Bonchev–Trinajstić information content (AvgIpc) is 2.85. The Morgan fingerprint density at radius 1 is 1.26 bits per heavy atom. The zero-order chi connectivity index (χ0) is 13.7. The van der Waals surface area contributed by atoms with Crippen LogP contribution in [-0.4, -0.2) is 28.9 Å². The molecule has 3 heteroatoms. The molecule has 0 bridgehead atoms. The predicted octanol–water partition coefficient (Wildman–Crippen LogP) is 2.46. The lowest BCUT2D eigenvalue weighted by Crippen LogP contribution is -2.40. The SMILES string of the molecule is CC(CCc1ccc(O)cc1)NC1CCCC1CO. The third kappa shape index (κ3) is 4.22. The third-order valence-corrected chi connectivity index (χ3v) is 4.19. The van der Waals surface area contributed by atoms with Gasteiger partial charge in [0, 0.05) is 18.7 Å². The summed E-state index contributed by atoms with van der Waals surface area (Å²) in [6, 6.07) is 8.39. The van der Waals surface area contributed by atoms with Gasteiger partial charge in [-0.3, -0.25) is 0 Å². The summed E-state index contributed by atoms with van der Waals surface area (Å²) in [6.45, 7) is 2.52. The Hall–Kier alpha value is -1.06. The summed E-state index contributed by atoms with van der Waals surface area (Å²) < 4.78 is 0. The van der Waals surface area contributed by atoms with E-state index >= 15 is 0 Å². The number of phenolic OH excluding ortho intramolecular Hbond substituents is 1. The molecule has 1 saturated carbocycles. The molecule has 106 valence electrons. The molecular formula is C16H25NO2. The van der Waals surface area contributed by atoms with Crippen LogP contribution >= 0.6 is 0 Å². The maximum atomic E-state index is 9.32. The first kappa shape index (κ1) is 14.4. The van der Waals surface area contributed by atoms with Crippen LogP contribution in [-0.2, 0) is 6.42 Å². The number of nitrogens with one attached hydrogen (secondary N) is 1. The highest BCUT2D eigenvalue weighted by molar-refractivity contribution is 5.25. The van der Waals surface area contributed by atoms with E-state index < -0.39 is 0 Å². The number of aryl methyl sites for hydroxylation is 1. The first-order chi connectivity index (χ1) is 9.19. The van der Waals surface area contributed by atoms with Gasteiger partial charge in [-0.05, 0) is 56.2 Å². The second-order valence-electron chi connectivity index (χ2n) is 5.75. The highest BCUT2D eigenvalue weighted by atomic mass is 16.3. The van der Waals surface area contributed by atoms with E-state index in [-0.39, 0.29) is 0 Å². The predicted molar refractivity (Wildman–Crippen MR) is 77.2 cm³/mol. The van der Waals surface area contributed by atoms with Crippen LogP contribution in [0, 0.1) is 5.92 Å². The van der Waals surface area contributed by atoms with E-state index in [9.17, 15) is 10.2 Å². The van der Waals surface area contributed by atoms with E-state index in [0.717, 1.165) is 19.3 Å². The average molecular weight is 263 g/mol. The number of aliphatic hydroxyl groups is 1. The van der Waals surface area contributed by atoms with E-state index in [1.54, 1.807) is 12.1 Å². The van der Waals surface area contributed by atoms with Crippen molar-refractivity contribution >= 4 is 0 Å². The van der Waals surface area contributed by atoms with Crippen LogP contribution < -0.4 is 5.32 Å². The van der Waals surface area contributed by atoms with Crippen LogP contribution in [0.25, 0.3) is 0 Å².